The van der Waals surface area contributed by atoms with E-state index in [1.165, 1.54) is 5.56 Å². The molecule has 0 aromatic carbocycles. The van der Waals surface area contributed by atoms with Crippen LogP contribution in [0.25, 0.3) is 0 Å². The van der Waals surface area contributed by atoms with Gasteiger partial charge in [-0.2, -0.15) is 11.3 Å². The lowest BCUT2D eigenvalue weighted by molar-refractivity contribution is -0.132. The molecule has 0 radical (unpaired) electrons. The van der Waals surface area contributed by atoms with Gasteiger partial charge in [-0.25, -0.2) is 0 Å². The Bertz CT molecular complexity index is 432. The summed E-state index contributed by atoms with van der Waals surface area (Å²) < 4.78 is 5.37. The lowest BCUT2D eigenvalue weighted by atomic mass is 10.2. The van der Waals surface area contributed by atoms with Crippen LogP contribution in [0.2, 0.25) is 0 Å². The van der Waals surface area contributed by atoms with E-state index in [9.17, 15) is 4.79 Å². The van der Waals surface area contributed by atoms with Crippen LogP contribution in [0.1, 0.15) is 17.4 Å². The molecule has 1 aromatic rings. The minimum atomic E-state index is 0.212. The van der Waals surface area contributed by atoms with E-state index in [1.54, 1.807) is 11.3 Å². The first kappa shape index (κ1) is 14.4. The predicted octanol–water partition coefficient (Wildman–Crippen LogP) is 2.04. The molecule has 1 unspecified atom stereocenters. The van der Waals surface area contributed by atoms with E-state index in [2.05, 4.69) is 26.6 Å². The molecule has 3 heterocycles. The first-order chi connectivity index (χ1) is 9.84. The maximum Gasteiger partial charge on any atom is 0.224 e. The predicted molar refractivity (Wildman–Crippen MR) is 83.1 cm³/mol. The molecule has 6 heteroatoms. The molecule has 3 rings (SSSR count). The highest BCUT2D eigenvalue weighted by Crippen LogP contribution is 2.37. The number of carbonyl (C=O) groups is 1. The Morgan fingerprint density at radius 1 is 1.30 bits per heavy atom. The van der Waals surface area contributed by atoms with Crippen molar-refractivity contribution >= 4 is 29.0 Å². The molecule has 1 aromatic heterocycles. The number of hydrogen-bond donors (Lipinski definition) is 0. The molecule has 4 nitrogen and oxygen atoms in total. The van der Waals surface area contributed by atoms with Crippen LogP contribution in [-0.4, -0.2) is 60.9 Å². The van der Waals surface area contributed by atoms with Crippen LogP contribution < -0.4 is 0 Å². The molecule has 1 atom stereocenters. The van der Waals surface area contributed by atoms with Gasteiger partial charge in [-0.3, -0.25) is 9.69 Å². The third-order valence-electron chi connectivity index (χ3n) is 3.78. The molecule has 2 saturated heterocycles. The van der Waals surface area contributed by atoms with Crippen molar-refractivity contribution in [1.29, 1.82) is 0 Å². The Morgan fingerprint density at radius 2 is 2.15 bits per heavy atom. The fraction of sp³-hybridized carbons (Fsp3) is 0.643. The van der Waals surface area contributed by atoms with Crippen molar-refractivity contribution in [3.63, 3.8) is 0 Å². The zero-order valence-corrected chi connectivity index (χ0v) is 13.1. The molecule has 0 spiro atoms. The van der Waals surface area contributed by atoms with Gasteiger partial charge in [0.15, 0.2) is 0 Å². The monoisotopic (exact) mass is 312 g/mol. The molecule has 0 bridgehead atoms. The van der Waals surface area contributed by atoms with Gasteiger partial charge in [0.25, 0.3) is 0 Å². The maximum atomic E-state index is 12.2. The van der Waals surface area contributed by atoms with Gasteiger partial charge >= 0.3 is 0 Å². The summed E-state index contributed by atoms with van der Waals surface area (Å²) in [5, 5.41) is 4.47. The normalized spacial score (nSPS) is 25.1. The van der Waals surface area contributed by atoms with Crippen molar-refractivity contribution in [2.75, 3.05) is 45.1 Å². The Hall–Kier alpha value is -0.560. The van der Waals surface area contributed by atoms with Gasteiger partial charge in [-0.05, 0) is 22.4 Å². The average Bonchev–Trinajstić information content (AvgIpc) is 3.01. The lowest BCUT2D eigenvalue weighted by Crippen LogP contribution is -2.45. The molecular weight excluding hydrogens is 292 g/mol. The van der Waals surface area contributed by atoms with E-state index in [4.69, 9.17) is 4.74 Å². The summed E-state index contributed by atoms with van der Waals surface area (Å²) >= 11 is 3.59. The molecular formula is C14H20N2O2S2. The Kier molecular flexibility index (Phi) is 4.99. The second-order valence-corrected chi connectivity index (χ2v) is 7.04. The zero-order chi connectivity index (χ0) is 13.8. The van der Waals surface area contributed by atoms with E-state index >= 15 is 0 Å². The van der Waals surface area contributed by atoms with Crippen molar-refractivity contribution in [1.82, 2.24) is 9.80 Å². The highest BCUT2D eigenvalue weighted by molar-refractivity contribution is 7.99. The van der Waals surface area contributed by atoms with Gasteiger partial charge in [0.2, 0.25) is 5.91 Å². The van der Waals surface area contributed by atoms with E-state index in [0.717, 1.165) is 45.1 Å². The first-order valence-corrected chi connectivity index (χ1v) is 9.07. The minimum Gasteiger partial charge on any atom is -0.379 e. The third-order valence-corrected chi connectivity index (χ3v) is 5.77. The second kappa shape index (κ2) is 6.93. The third kappa shape index (κ3) is 3.36. The number of morpholine rings is 1. The van der Waals surface area contributed by atoms with Crippen LogP contribution in [0.3, 0.4) is 0 Å². The Balaban J connectivity index is 1.62. The van der Waals surface area contributed by atoms with Crippen LogP contribution in [0, 0.1) is 0 Å². The van der Waals surface area contributed by atoms with Gasteiger partial charge in [-0.1, -0.05) is 0 Å². The zero-order valence-electron chi connectivity index (χ0n) is 11.5. The number of ether oxygens (including phenoxy) is 1. The fourth-order valence-electron chi connectivity index (χ4n) is 2.63. The van der Waals surface area contributed by atoms with Crippen molar-refractivity contribution in [3.8, 4) is 0 Å². The molecule has 0 N–H and O–H groups in total. The van der Waals surface area contributed by atoms with Crippen molar-refractivity contribution in [2.45, 2.75) is 11.8 Å². The van der Waals surface area contributed by atoms with Crippen LogP contribution >= 0.6 is 23.1 Å². The molecule has 110 valence electrons. The summed E-state index contributed by atoms with van der Waals surface area (Å²) in [7, 11) is 0. The van der Waals surface area contributed by atoms with Crippen LogP contribution in [-0.2, 0) is 9.53 Å². The SMILES string of the molecule is O=C1CCSC(c2ccsc2)N1CCN1CCOCC1. The topological polar surface area (TPSA) is 32.8 Å². The molecule has 2 aliphatic rings. The first-order valence-electron chi connectivity index (χ1n) is 7.08. The van der Waals surface area contributed by atoms with Crippen LogP contribution in [0.15, 0.2) is 16.8 Å². The van der Waals surface area contributed by atoms with Gasteiger partial charge < -0.3 is 9.64 Å². The van der Waals surface area contributed by atoms with E-state index in [1.807, 2.05) is 11.8 Å². The Morgan fingerprint density at radius 3 is 2.90 bits per heavy atom. The molecule has 0 saturated carbocycles. The van der Waals surface area contributed by atoms with Crippen LogP contribution in [0.4, 0.5) is 0 Å². The van der Waals surface area contributed by atoms with E-state index < -0.39 is 0 Å². The molecule has 0 aliphatic carbocycles. The fourth-order valence-corrected chi connectivity index (χ4v) is 4.65. The van der Waals surface area contributed by atoms with Crippen molar-refractivity contribution in [3.05, 3.63) is 22.4 Å². The van der Waals surface area contributed by atoms with Crippen molar-refractivity contribution in [2.24, 2.45) is 0 Å². The minimum absolute atomic E-state index is 0.212. The molecule has 2 fully saturated rings. The summed E-state index contributed by atoms with van der Waals surface area (Å²) in [6, 6.07) is 2.14. The number of nitrogens with zero attached hydrogens (tertiary/aromatic N) is 2. The van der Waals surface area contributed by atoms with Gasteiger partial charge in [0, 0.05) is 38.4 Å². The summed E-state index contributed by atoms with van der Waals surface area (Å²) in [6.45, 7) is 5.38. The summed E-state index contributed by atoms with van der Waals surface area (Å²) in [5.74, 6) is 1.24. The number of carbonyl (C=O) groups excluding carboxylic acids is 1. The largest absolute Gasteiger partial charge is 0.379 e. The standard InChI is InChI=1S/C14H20N2O2S2/c17-13-2-10-20-14(12-1-9-19-11-12)16(13)4-3-15-5-7-18-8-6-15/h1,9,11,14H,2-8,10H2. The van der Waals surface area contributed by atoms with Gasteiger partial charge in [-0.15, -0.1) is 11.8 Å². The Labute approximate surface area is 128 Å². The number of rotatable bonds is 4. The average molecular weight is 312 g/mol. The smallest absolute Gasteiger partial charge is 0.224 e. The molecule has 1 amide bonds. The van der Waals surface area contributed by atoms with E-state index in [-0.39, 0.29) is 5.37 Å². The summed E-state index contributed by atoms with van der Waals surface area (Å²) in [4.78, 5) is 16.7. The number of amides is 1. The second-order valence-electron chi connectivity index (χ2n) is 5.07. The molecule has 2 aliphatic heterocycles. The van der Waals surface area contributed by atoms with Gasteiger partial charge in [0.1, 0.15) is 5.37 Å². The van der Waals surface area contributed by atoms with Crippen LogP contribution in [0.5, 0.6) is 0 Å². The van der Waals surface area contributed by atoms with E-state index in [0.29, 0.717) is 12.3 Å². The summed E-state index contributed by atoms with van der Waals surface area (Å²) in [5.41, 5.74) is 1.27. The summed E-state index contributed by atoms with van der Waals surface area (Å²) in [6.07, 6.45) is 0.675. The quantitative estimate of drug-likeness (QED) is 0.852. The maximum absolute atomic E-state index is 12.2. The number of thioether (sulfide) groups is 1. The number of hydrogen-bond acceptors (Lipinski definition) is 5. The highest BCUT2D eigenvalue weighted by Gasteiger charge is 2.30. The van der Waals surface area contributed by atoms with Gasteiger partial charge in [0.05, 0.1) is 13.2 Å². The molecule has 20 heavy (non-hydrogen) atoms. The number of thiophene rings is 1. The highest BCUT2D eigenvalue weighted by atomic mass is 32.2. The lowest BCUT2D eigenvalue weighted by Gasteiger charge is -2.37. The van der Waals surface area contributed by atoms with Crippen molar-refractivity contribution < 1.29 is 9.53 Å².